The number of hydrogen-bond donors (Lipinski definition) is 0. The lowest BCUT2D eigenvalue weighted by molar-refractivity contribution is -0.108. The van der Waals surface area contributed by atoms with E-state index in [1.54, 1.807) is 0 Å². The number of aromatic nitrogens is 2. The maximum atomic E-state index is 10.8. The Hall–Kier alpha value is -1.20. The second kappa shape index (κ2) is 6.02. The van der Waals surface area contributed by atoms with Gasteiger partial charge in [0, 0.05) is 22.9 Å². The highest BCUT2D eigenvalue weighted by Gasteiger charge is 2.40. The molecule has 0 spiro atoms. The first kappa shape index (κ1) is 15.3. The molecule has 1 aliphatic heterocycles. The third-order valence-corrected chi connectivity index (χ3v) is 6.06. The van der Waals surface area contributed by atoms with Crippen LogP contribution < -0.4 is 0 Å². The van der Waals surface area contributed by atoms with Gasteiger partial charge in [0.05, 0.1) is 11.7 Å². The second-order valence-electron chi connectivity index (χ2n) is 6.77. The highest BCUT2D eigenvalue weighted by atomic mass is 79.9. The Morgan fingerprint density at radius 3 is 3.09 bits per heavy atom. The van der Waals surface area contributed by atoms with Gasteiger partial charge >= 0.3 is 0 Å². The second-order valence-corrected chi connectivity index (χ2v) is 7.56. The Kier molecular flexibility index (Phi) is 4.01. The quantitative estimate of drug-likeness (QED) is 0.737. The van der Waals surface area contributed by atoms with E-state index in [0.717, 1.165) is 47.5 Å². The monoisotopic (exact) mass is 376 g/mol. The van der Waals surface area contributed by atoms with Gasteiger partial charge in [0.15, 0.2) is 6.23 Å². The number of rotatable bonds is 4. The van der Waals surface area contributed by atoms with Gasteiger partial charge in [0.2, 0.25) is 0 Å². The molecule has 4 rings (SSSR count). The molecule has 1 saturated heterocycles. The van der Waals surface area contributed by atoms with Gasteiger partial charge in [0.1, 0.15) is 6.29 Å². The van der Waals surface area contributed by atoms with Crippen LogP contribution in [0.1, 0.15) is 55.4 Å². The predicted octanol–water partition coefficient (Wildman–Crippen LogP) is 4.50. The van der Waals surface area contributed by atoms with E-state index in [-0.39, 0.29) is 6.23 Å². The van der Waals surface area contributed by atoms with Crippen LogP contribution in [0.3, 0.4) is 0 Å². The third-order valence-electron chi connectivity index (χ3n) is 5.21. The minimum atomic E-state index is 0.0575. The fraction of sp³-hybridized carbons (Fsp3) is 0.556. The van der Waals surface area contributed by atoms with Crippen LogP contribution in [0.4, 0.5) is 0 Å². The summed E-state index contributed by atoms with van der Waals surface area (Å²) >= 11 is 3.81. The van der Waals surface area contributed by atoms with E-state index < -0.39 is 0 Å². The average molecular weight is 377 g/mol. The van der Waals surface area contributed by atoms with Crippen molar-refractivity contribution in [1.82, 2.24) is 9.78 Å². The summed E-state index contributed by atoms with van der Waals surface area (Å²) in [5, 5.41) is 5.75. The predicted molar refractivity (Wildman–Crippen MR) is 92.5 cm³/mol. The highest BCUT2D eigenvalue weighted by molar-refractivity contribution is 9.10. The topological polar surface area (TPSA) is 44.1 Å². The number of carbonyl (C=O) groups is 1. The molecule has 2 aromatic rings. The number of aryl methyl sites for hydroxylation is 1. The van der Waals surface area contributed by atoms with Crippen molar-refractivity contribution in [1.29, 1.82) is 0 Å². The molecule has 2 aliphatic rings. The SMILES string of the molecule is Cc1cc2c(cnn2C2CCCCO2)c(Br)c1C1C[C@H]1CC=O. The standard InChI is InChI=1S/C18H21BrN2O2/c1-11-8-15-14(10-20-21(15)16-4-2-3-7-23-16)18(19)17(11)13-9-12(13)5-6-22/h6,8,10,12-13,16H,2-5,7,9H2,1H3/t12-,13?,16?/m1/s1. The van der Waals surface area contributed by atoms with Gasteiger partial charge in [-0.05, 0) is 77.6 Å². The molecule has 3 atom stereocenters. The lowest BCUT2D eigenvalue weighted by Crippen LogP contribution is -2.19. The average Bonchev–Trinajstić information content (AvgIpc) is 3.16. The van der Waals surface area contributed by atoms with Crippen molar-refractivity contribution in [3.63, 3.8) is 0 Å². The van der Waals surface area contributed by atoms with Gasteiger partial charge in [-0.1, -0.05) is 0 Å². The van der Waals surface area contributed by atoms with Crippen LogP contribution >= 0.6 is 15.9 Å². The van der Waals surface area contributed by atoms with Crippen molar-refractivity contribution in [2.24, 2.45) is 5.92 Å². The van der Waals surface area contributed by atoms with Gasteiger partial charge < -0.3 is 9.53 Å². The van der Waals surface area contributed by atoms with Crippen molar-refractivity contribution >= 4 is 33.1 Å². The fourth-order valence-corrected chi connectivity index (χ4v) is 4.78. The van der Waals surface area contributed by atoms with Crippen LogP contribution in [0.15, 0.2) is 16.7 Å². The number of fused-ring (bicyclic) bond motifs is 1. The zero-order valence-corrected chi connectivity index (χ0v) is 14.9. The van der Waals surface area contributed by atoms with Gasteiger partial charge in [-0.25, -0.2) is 4.68 Å². The molecule has 0 amide bonds. The molecule has 1 aromatic heterocycles. The normalized spacial score (nSPS) is 27.3. The fourth-order valence-electron chi connectivity index (χ4n) is 3.87. The van der Waals surface area contributed by atoms with Gasteiger partial charge in [0.25, 0.3) is 0 Å². The number of benzene rings is 1. The number of carbonyl (C=O) groups excluding carboxylic acids is 1. The summed E-state index contributed by atoms with van der Waals surface area (Å²) in [5.41, 5.74) is 3.77. The van der Waals surface area contributed by atoms with Crippen molar-refractivity contribution in [2.45, 2.75) is 51.2 Å². The van der Waals surface area contributed by atoms with Crippen LogP contribution in [-0.4, -0.2) is 22.7 Å². The number of ether oxygens (including phenoxy) is 1. The molecule has 0 radical (unpaired) electrons. The Morgan fingerprint density at radius 1 is 1.48 bits per heavy atom. The Morgan fingerprint density at radius 2 is 2.35 bits per heavy atom. The van der Waals surface area contributed by atoms with Gasteiger partial charge in [-0.3, -0.25) is 0 Å². The van der Waals surface area contributed by atoms with Gasteiger partial charge in [-0.2, -0.15) is 5.10 Å². The molecule has 1 aliphatic carbocycles. The van der Waals surface area contributed by atoms with Gasteiger partial charge in [-0.15, -0.1) is 0 Å². The van der Waals surface area contributed by atoms with E-state index in [1.165, 1.54) is 17.5 Å². The molecule has 1 aromatic carbocycles. The molecular weight excluding hydrogens is 356 g/mol. The Bertz CT molecular complexity index is 749. The van der Waals surface area contributed by atoms with Crippen LogP contribution in [0, 0.1) is 12.8 Å². The molecule has 2 fully saturated rings. The molecule has 1 saturated carbocycles. The van der Waals surface area contributed by atoms with Crippen LogP contribution in [0.25, 0.3) is 10.9 Å². The summed E-state index contributed by atoms with van der Waals surface area (Å²) in [6.45, 7) is 2.98. The smallest absolute Gasteiger partial charge is 0.150 e. The molecule has 122 valence electrons. The molecular formula is C18H21BrN2O2. The summed E-state index contributed by atoms with van der Waals surface area (Å²) in [6.07, 6.45) is 8.19. The number of aldehydes is 1. The first-order valence-electron chi connectivity index (χ1n) is 8.42. The largest absolute Gasteiger partial charge is 0.356 e. The van der Waals surface area contributed by atoms with Crippen molar-refractivity contribution in [3.05, 3.63) is 27.9 Å². The first-order chi connectivity index (χ1) is 11.2. The Balaban J connectivity index is 1.73. The zero-order chi connectivity index (χ0) is 16.0. The molecule has 23 heavy (non-hydrogen) atoms. The summed E-state index contributed by atoms with van der Waals surface area (Å²) < 4.78 is 9.08. The molecule has 4 nitrogen and oxygen atoms in total. The van der Waals surface area contributed by atoms with Crippen LogP contribution in [-0.2, 0) is 9.53 Å². The minimum Gasteiger partial charge on any atom is -0.356 e. The summed E-state index contributed by atoms with van der Waals surface area (Å²) in [7, 11) is 0. The van der Waals surface area contributed by atoms with E-state index in [4.69, 9.17) is 4.74 Å². The zero-order valence-electron chi connectivity index (χ0n) is 13.3. The van der Waals surface area contributed by atoms with E-state index in [9.17, 15) is 4.79 Å². The lowest BCUT2D eigenvalue weighted by atomic mass is 10.00. The van der Waals surface area contributed by atoms with Crippen LogP contribution in [0.5, 0.6) is 0 Å². The van der Waals surface area contributed by atoms with E-state index in [0.29, 0.717) is 18.3 Å². The van der Waals surface area contributed by atoms with E-state index in [2.05, 4.69) is 34.0 Å². The van der Waals surface area contributed by atoms with Crippen LogP contribution in [0.2, 0.25) is 0 Å². The summed E-state index contributed by atoms with van der Waals surface area (Å²) in [5.74, 6) is 1.02. The minimum absolute atomic E-state index is 0.0575. The number of hydrogen-bond acceptors (Lipinski definition) is 3. The Labute approximate surface area is 144 Å². The molecule has 2 unspecified atom stereocenters. The number of nitrogens with zero attached hydrogens (tertiary/aromatic N) is 2. The summed E-state index contributed by atoms with van der Waals surface area (Å²) in [4.78, 5) is 10.8. The maximum absolute atomic E-state index is 10.8. The third kappa shape index (κ3) is 2.64. The molecule has 0 N–H and O–H groups in total. The number of halogens is 1. The van der Waals surface area contributed by atoms with Crippen molar-refractivity contribution in [3.8, 4) is 0 Å². The maximum Gasteiger partial charge on any atom is 0.150 e. The first-order valence-corrected chi connectivity index (χ1v) is 9.21. The highest BCUT2D eigenvalue weighted by Crippen LogP contribution is 2.53. The summed E-state index contributed by atoms with van der Waals surface area (Å²) in [6, 6.07) is 2.23. The van der Waals surface area contributed by atoms with Crippen molar-refractivity contribution < 1.29 is 9.53 Å². The van der Waals surface area contributed by atoms with Crippen molar-refractivity contribution in [2.75, 3.05) is 6.61 Å². The molecule has 0 bridgehead atoms. The molecule has 2 heterocycles. The lowest BCUT2D eigenvalue weighted by Gasteiger charge is -2.23. The van der Waals surface area contributed by atoms with E-state index in [1.807, 2.05) is 10.9 Å². The molecule has 5 heteroatoms. The van der Waals surface area contributed by atoms with E-state index >= 15 is 0 Å².